The zero-order valence-electron chi connectivity index (χ0n) is 15.9. The minimum atomic E-state index is 0.266. The molecule has 2 heterocycles. The summed E-state index contributed by atoms with van der Waals surface area (Å²) in [5.41, 5.74) is 2.51. The largest absolute Gasteiger partial charge is 0.383 e. The van der Waals surface area contributed by atoms with Crippen LogP contribution in [0.3, 0.4) is 0 Å². The Labute approximate surface area is 170 Å². The number of hydrogen-bond acceptors (Lipinski definition) is 6. The second kappa shape index (κ2) is 8.88. The Kier molecular flexibility index (Phi) is 6.30. The van der Waals surface area contributed by atoms with Crippen LogP contribution in [-0.4, -0.2) is 57.5 Å². The second-order valence-corrected chi connectivity index (χ2v) is 9.11. The van der Waals surface area contributed by atoms with Crippen LogP contribution in [0.25, 0.3) is 0 Å². The number of anilines is 1. The lowest BCUT2D eigenvalue weighted by Gasteiger charge is -2.31. The van der Waals surface area contributed by atoms with Crippen molar-refractivity contribution in [1.82, 2.24) is 4.90 Å². The van der Waals surface area contributed by atoms with Gasteiger partial charge in [-0.05, 0) is 36.8 Å². The molecule has 0 spiro atoms. The van der Waals surface area contributed by atoms with E-state index in [2.05, 4.69) is 53.5 Å². The zero-order valence-corrected chi connectivity index (χ0v) is 17.5. The first-order valence-corrected chi connectivity index (χ1v) is 11.0. The van der Waals surface area contributed by atoms with Crippen molar-refractivity contribution in [2.75, 3.05) is 51.9 Å². The van der Waals surface area contributed by atoms with Gasteiger partial charge in [0.05, 0.1) is 25.9 Å². The molecule has 0 unspecified atom stereocenters. The van der Waals surface area contributed by atoms with Gasteiger partial charge in [0, 0.05) is 52.0 Å². The second-order valence-electron chi connectivity index (χ2n) is 6.98. The topological polar surface area (TPSA) is 33.7 Å². The minimum Gasteiger partial charge on any atom is -0.383 e. The van der Waals surface area contributed by atoms with Gasteiger partial charge in [0.1, 0.15) is 0 Å². The fourth-order valence-electron chi connectivity index (χ4n) is 3.50. The van der Waals surface area contributed by atoms with Crippen LogP contribution in [0, 0.1) is 6.92 Å². The summed E-state index contributed by atoms with van der Waals surface area (Å²) in [4.78, 5) is 7.85. The highest BCUT2D eigenvalue weighted by molar-refractivity contribution is 8.05. The Bertz CT molecular complexity index is 794. The van der Waals surface area contributed by atoms with E-state index in [1.165, 1.54) is 25.1 Å². The minimum absolute atomic E-state index is 0.266. The highest BCUT2D eigenvalue weighted by atomic mass is 32.2. The molecule has 2 aromatic rings. The number of rotatable bonds is 6. The summed E-state index contributed by atoms with van der Waals surface area (Å²) in [7, 11) is 1.77. The van der Waals surface area contributed by atoms with Gasteiger partial charge in [-0.3, -0.25) is 4.90 Å². The third-order valence-electron chi connectivity index (χ3n) is 4.87. The van der Waals surface area contributed by atoms with Crippen molar-refractivity contribution in [1.29, 1.82) is 0 Å². The van der Waals surface area contributed by atoms with Crippen LogP contribution in [0.2, 0.25) is 0 Å². The van der Waals surface area contributed by atoms with Crippen LogP contribution in [0.1, 0.15) is 5.56 Å². The number of morpholine rings is 1. The quantitative estimate of drug-likeness (QED) is 0.659. The molecule has 0 amide bonds. The van der Waals surface area contributed by atoms with Crippen LogP contribution in [0.4, 0.5) is 5.69 Å². The fourth-order valence-corrected chi connectivity index (χ4v) is 5.90. The maximum absolute atomic E-state index is 5.46. The van der Waals surface area contributed by atoms with Gasteiger partial charge in [0.2, 0.25) is 0 Å². The molecule has 1 saturated heterocycles. The van der Waals surface area contributed by atoms with Gasteiger partial charge in [-0.15, -0.1) is 0 Å². The number of benzene rings is 2. The van der Waals surface area contributed by atoms with Gasteiger partial charge in [0.25, 0.3) is 0 Å². The molecule has 144 valence electrons. The van der Waals surface area contributed by atoms with E-state index in [4.69, 9.17) is 9.47 Å². The average Bonchev–Trinajstić information content (AvgIpc) is 2.68. The molecule has 0 aromatic heterocycles. The van der Waals surface area contributed by atoms with Gasteiger partial charge in [-0.2, -0.15) is 0 Å². The van der Waals surface area contributed by atoms with E-state index in [0.29, 0.717) is 6.61 Å². The van der Waals surface area contributed by atoms with Gasteiger partial charge < -0.3 is 14.8 Å². The summed E-state index contributed by atoms with van der Waals surface area (Å²) in [5, 5.41) is 3.68. The van der Waals surface area contributed by atoms with E-state index in [9.17, 15) is 0 Å². The maximum Gasteiger partial charge on any atom is 0.0676 e. The summed E-state index contributed by atoms with van der Waals surface area (Å²) in [6, 6.07) is 13.5. The van der Waals surface area contributed by atoms with Crippen LogP contribution in [-0.2, 0) is 9.47 Å². The molecular weight excluding hydrogens is 376 g/mol. The number of aryl methyl sites for hydroxylation is 1. The number of nitrogens with one attached hydrogen (secondary N) is 1. The molecule has 0 aliphatic carbocycles. The van der Waals surface area contributed by atoms with E-state index < -0.39 is 0 Å². The third kappa shape index (κ3) is 4.63. The summed E-state index contributed by atoms with van der Waals surface area (Å²) < 4.78 is 10.9. The van der Waals surface area contributed by atoms with Crippen molar-refractivity contribution in [2.24, 2.45) is 0 Å². The standard InChI is InChI=1S/C21H26N2O2S2/c1-15-4-3-5-19-21(15)27-18-7-6-16(12-20(18)26-19)22-17(14-24-2)13-23-8-10-25-11-9-23/h3-7,12,17,22H,8-11,13-14H2,1-2H3/t17-/m0/s1. The monoisotopic (exact) mass is 402 g/mol. The highest BCUT2D eigenvalue weighted by Gasteiger charge is 2.20. The molecule has 1 fully saturated rings. The molecule has 1 N–H and O–H groups in total. The molecule has 27 heavy (non-hydrogen) atoms. The van der Waals surface area contributed by atoms with E-state index in [0.717, 1.165) is 38.5 Å². The van der Waals surface area contributed by atoms with Crippen LogP contribution in [0.15, 0.2) is 56.0 Å². The Hall–Kier alpha value is -1.18. The Morgan fingerprint density at radius 2 is 1.96 bits per heavy atom. The van der Waals surface area contributed by atoms with E-state index in [1.807, 2.05) is 23.5 Å². The summed E-state index contributed by atoms with van der Waals surface area (Å²) in [5.74, 6) is 0. The SMILES string of the molecule is COC[C@H](CN1CCOCC1)Nc1ccc2c(c1)Sc1cccc(C)c1S2. The van der Waals surface area contributed by atoms with E-state index in [-0.39, 0.29) is 6.04 Å². The average molecular weight is 403 g/mol. The lowest BCUT2D eigenvalue weighted by atomic mass is 10.2. The molecule has 2 aromatic carbocycles. The Morgan fingerprint density at radius 3 is 2.78 bits per heavy atom. The molecule has 6 heteroatoms. The van der Waals surface area contributed by atoms with Crippen LogP contribution in [0.5, 0.6) is 0 Å². The Balaban J connectivity index is 1.47. The first-order chi connectivity index (χ1) is 13.2. The molecule has 0 bridgehead atoms. The van der Waals surface area contributed by atoms with E-state index >= 15 is 0 Å². The summed E-state index contributed by atoms with van der Waals surface area (Å²) in [6.07, 6.45) is 0. The van der Waals surface area contributed by atoms with E-state index in [1.54, 1.807) is 7.11 Å². The lowest BCUT2D eigenvalue weighted by molar-refractivity contribution is 0.0319. The van der Waals surface area contributed by atoms with Crippen molar-refractivity contribution in [3.05, 3.63) is 42.0 Å². The summed E-state index contributed by atoms with van der Waals surface area (Å²) >= 11 is 3.75. The van der Waals surface area contributed by atoms with Gasteiger partial charge in [-0.25, -0.2) is 0 Å². The lowest BCUT2D eigenvalue weighted by Crippen LogP contribution is -2.44. The number of hydrogen-bond donors (Lipinski definition) is 1. The van der Waals surface area contributed by atoms with Crippen molar-refractivity contribution < 1.29 is 9.47 Å². The summed E-state index contributed by atoms with van der Waals surface area (Å²) in [6.45, 7) is 7.49. The van der Waals surface area contributed by atoms with Crippen LogP contribution < -0.4 is 5.32 Å². The molecule has 2 aliphatic rings. The molecule has 4 rings (SSSR count). The normalized spacial score (nSPS) is 17.9. The van der Waals surface area contributed by atoms with Gasteiger partial charge in [0.15, 0.2) is 0 Å². The number of methoxy groups -OCH3 is 1. The Morgan fingerprint density at radius 1 is 1.11 bits per heavy atom. The molecule has 2 aliphatic heterocycles. The van der Waals surface area contributed by atoms with Crippen molar-refractivity contribution >= 4 is 29.2 Å². The first kappa shape index (κ1) is 19.2. The molecule has 0 saturated carbocycles. The zero-order chi connectivity index (χ0) is 18.6. The van der Waals surface area contributed by atoms with Crippen molar-refractivity contribution in [3.63, 3.8) is 0 Å². The predicted molar refractivity (Wildman–Crippen MR) is 112 cm³/mol. The molecule has 1 atom stereocenters. The fraction of sp³-hybridized carbons (Fsp3) is 0.429. The molecule has 4 nitrogen and oxygen atoms in total. The first-order valence-electron chi connectivity index (χ1n) is 9.38. The highest BCUT2D eigenvalue weighted by Crippen LogP contribution is 2.50. The number of nitrogens with zero attached hydrogens (tertiary/aromatic N) is 1. The molecule has 0 radical (unpaired) electrons. The maximum atomic E-state index is 5.46. The number of fused-ring (bicyclic) bond motifs is 2. The smallest absolute Gasteiger partial charge is 0.0676 e. The third-order valence-corrected chi connectivity index (χ3v) is 7.57. The number of ether oxygens (including phenoxy) is 2. The van der Waals surface area contributed by atoms with Crippen molar-refractivity contribution in [3.8, 4) is 0 Å². The van der Waals surface area contributed by atoms with Crippen LogP contribution >= 0.6 is 23.5 Å². The predicted octanol–water partition coefficient (Wildman–Crippen LogP) is 4.37. The van der Waals surface area contributed by atoms with Crippen molar-refractivity contribution in [2.45, 2.75) is 32.5 Å². The van der Waals surface area contributed by atoms with Gasteiger partial charge in [-0.1, -0.05) is 35.7 Å². The van der Waals surface area contributed by atoms with Gasteiger partial charge >= 0.3 is 0 Å². The molecular formula is C21H26N2O2S2.